The van der Waals surface area contributed by atoms with E-state index in [2.05, 4.69) is 24.5 Å². The van der Waals surface area contributed by atoms with Crippen molar-refractivity contribution < 1.29 is 9.53 Å². The molecule has 1 atom stereocenters. The van der Waals surface area contributed by atoms with Crippen molar-refractivity contribution in [3.8, 4) is 5.75 Å². The molecule has 104 valence electrons. The van der Waals surface area contributed by atoms with E-state index in [1.165, 1.54) is 0 Å². The Bertz CT molecular complexity index is 426. The fraction of sp³-hybridized carbons (Fsp3) is 0.533. The van der Waals surface area contributed by atoms with Crippen LogP contribution in [0.5, 0.6) is 5.75 Å². The number of amides is 1. The molecule has 4 heteroatoms. The Morgan fingerprint density at radius 1 is 1.53 bits per heavy atom. The topological polar surface area (TPSA) is 50.4 Å². The molecule has 0 radical (unpaired) electrons. The maximum atomic E-state index is 12.0. The molecule has 1 aromatic rings. The quantitative estimate of drug-likeness (QED) is 0.856. The van der Waals surface area contributed by atoms with Crippen LogP contribution < -0.4 is 15.4 Å². The van der Waals surface area contributed by atoms with Gasteiger partial charge in [-0.2, -0.15) is 0 Å². The van der Waals surface area contributed by atoms with Crippen LogP contribution in [0.1, 0.15) is 20.3 Å². The van der Waals surface area contributed by atoms with Gasteiger partial charge in [0.15, 0.2) is 0 Å². The van der Waals surface area contributed by atoms with Crippen LogP contribution in [-0.2, 0) is 4.79 Å². The number of ether oxygens (including phenoxy) is 1. The summed E-state index contributed by atoms with van der Waals surface area (Å²) in [4.78, 5) is 12.0. The number of anilines is 1. The van der Waals surface area contributed by atoms with Gasteiger partial charge in [-0.3, -0.25) is 4.79 Å². The summed E-state index contributed by atoms with van der Waals surface area (Å²) in [6.45, 7) is 6.60. The van der Waals surface area contributed by atoms with Crippen molar-refractivity contribution in [2.45, 2.75) is 20.3 Å². The molecule has 1 amide bonds. The van der Waals surface area contributed by atoms with Gasteiger partial charge in [-0.25, -0.2) is 0 Å². The Balaban J connectivity index is 1.92. The third kappa shape index (κ3) is 4.24. The molecule has 4 nitrogen and oxygen atoms in total. The van der Waals surface area contributed by atoms with Crippen molar-refractivity contribution >= 4 is 11.6 Å². The van der Waals surface area contributed by atoms with E-state index in [1.54, 1.807) is 0 Å². The summed E-state index contributed by atoms with van der Waals surface area (Å²) in [6.07, 6.45) is 0.912. The first-order valence-electron chi connectivity index (χ1n) is 6.89. The molecule has 0 bridgehead atoms. The third-order valence-electron chi connectivity index (χ3n) is 3.12. The van der Waals surface area contributed by atoms with Crippen LogP contribution >= 0.6 is 0 Å². The van der Waals surface area contributed by atoms with Gasteiger partial charge in [0, 0.05) is 18.3 Å². The molecular formula is C15H22N2O2. The number of carbonyl (C=O) groups excluding carboxylic acids is 1. The van der Waals surface area contributed by atoms with Crippen LogP contribution in [0.2, 0.25) is 0 Å². The summed E-state index contributed by atoms with van der Waals surface area (Å²) < 4.78 is 5.65. The zero-order valence-electron chi connectivity index (χ0n) is 11.6. The maximum absolute atomic E-state index is 12.0. The van der Waals surface area contributed by atoms with Gasteiger partial charge in [-0.1, -0.05) is 19.9 Å². The Morgan fingerprint density at radius 2 is 2.37 bits per heavy atom. The number of nitrogens with one attached hydrogen (secondary N) is 2. The number of carbonyl (C=O) groups is 1. The number of hydrogen-bond acceptors (Lipinski definition) is 3. The van der Waals surface area contributed by atoms with E-state index in [1.807, 2.05) is 24.3 Å². The highest BCUT2D eigenvalue weighted by molar-refractivity contribution is 5.93. The van der Waals surface area contributed by atoms with Gasteiger partial charge in [-0.05, 0) is 31.0 Å². The Hall–Kier alpha value is -1.55. The Labute approximate surface area is 114 Å². The van der Waals surface area contributed by atoms with Gasteiger partial charge >= 0.3 is 0 Å². The van der Waals surface area contributed by atoms with Crippen molar-refractivity contribution in [2.24, 2.45) is 11.8 Å². The summed E-state index contributed by atoms with van der Waals surface area (Å²) in [6, 6.07) is 7.58. The molecule has 0 spiro atoms. The van der Waals surface area contributed by atoms with Crippen molar-refractivity contribution in [3.05, 3.63) is 24.3 Å². The standard InChI is InChI=1S/C15H22N2O2/c1-11(2)10-19-14-5-3-4-13(8-14)17-15(18)12-6-7-16-9-12/h3-5,8,11-12,16H,6-7,9-10H2,1-2H3,(H,17,18). The van der Waals surface area contributed by atoms with Gasteiger partial charge in [-0.15, -0.1) is 0 Å². The molecule has 1 aromatic carbocycles. The van der Waals surface area contributed by atoms with Crippen LogP contribution in [0.25, 0.3) is 0 Å². The molecule has 1 heterocycles. The molecule has 0 aromatic heterocycles. The van der Waals surface area contributed by atoms with Gasteiger partial charge < -0.3 is 15.4 Å². The Morgan fingerprint density at radius 3 is 3.05 bits per heavy atom. The molecule has 1 fully saturated rings. The summed E-state index contributed by atoms with van der Waals surface area (Å²) in [7, 11) is 0. The minimum atomic E-state index is 0.0836. The smallest absolute Gasteiger partial charge is 0.228 e. The summed E-state index contributed by atoms with van der Waals surface area (Å²) >= 11 is 0. The largest absolute Gasteiger partial charge is 0.493 e. The first-order chi connectivity index (χ1) is 9.15. The predicted molar refractivity (Wildman–Crippen MR) is 76.4 cm³/mol. The van der Waals surface area contributed by atoms with Crippen molar-refractivity contribution in [3.63, 3.8) is 0 Å². The zero-order valence-corrected chi connectivity index (χ0v) is 11.6. The fourth-order valence-electron chi connectivity index (χ4n) is 2.05. The highest BCUT2D eigenvalue weighted by Gasteiger charge is 2.22. The molecular weight excluding hydrogens is 240 g/mol. The first kappa shape index (κ1) is 13.9. The second kappa shape index (κ2) is 6.57. The number of rotatable bonds is 5. The molecule has 1 aliphatic heterocycles. The number of hydrogen-bond donors (Lipinski definition) is 2. The van der Waals surface area contributed by atoms with Crippen LogP contribution in [0, 0.1) is 11.8 Å². The van der Waals surface area contributed by atoms with Crippen LogP contribution in [0.4, 0.5) is 5.69 Å². The van der Waals surface area contributed by atoms with Crippen LogP contribution in [0.3, 0.4) is 0 Å². The highest BCUT2D eigenvalue weighted by atomic mass is 16.5. The van der Waals surface area contributed by atoms with E-state index in [9.17, 15) is 4.79 Å². The average Bonchev–Trinajstić information content (AvgIpc) is 2.91. The molecule has 0 aliphatic carbocycles. The average molecular weight is 262 g/mol. The van der Waals surface area contributed by atoms with E-state index in [0.717, 1.165) is 30.9 Å². The molecule has 0 saturated carbocycles. The van der Waals surface area contributed by atoms with E-state index in [4.69, 9.17) is 4.74 Å². The lowest BCUT2D eigenvalue weighted by Crippen LogP contribution is -2.24. The number of benzene rings is 1. The monoisotopic (exact) mass is 262 g/mol. The summed E-state index contributed by atoms with van der Waals surface area (Å²) in [5.74, 6) is 1.46. The second-order valence-corrected chi connectivity index (χ2v) is 5.41. The minimum absolute atomic E-state index is 0.0836. The van der Waals surface area contributed by atoms with Gasteiger partial charge in [0.1, 0.15) is 5.75 Å². The lowest BCUT2D eigenvalue weighted by molar-refractivity contribution is -0.119. The first-order valence-corrected chi connectivity index (χ1v) is 6.89. The predicted octanol–water partition coefficient (Wildman–Crippen LogP) is 2.27. The van der Waals surface area contributed by atoms with Gasteiger partial charge in [0.2, 0.25) is 5.91 Å². The summed E-state index contributed by atoms with van der Waals surface area (Å²) in [5, 5.41) is 6.15. The molecule has 19 heavy (non-hydrogen) atoms. The Kier molecular flexibility index (Phi) is 4.80. The molecule has 1 saturated heterocycles. The van der Waals surface area contributed by atoms with E-state index < -0.39 is 0 Å². The van der Waals surface area contributed by atoms with Gasteiger partial charge in [0.25, 0.3) is 0 Å². The van der Waals surface area contributed by atoms with Crippen molar-refractivity contribution in [1.82, 2.24) is 5.32 Å². The van der Waals surface area contributed by atoms with Gasteiger partial charge in [0.05, 0.1) is 12.5 Å². The fourth-order valence-corrected chi connectivity index (χ4v) is 2.05. The van der Waals surface area contributed by atoms with Crippen LogP contribution in [-0.4, -0.2) is 25.6 Å². The maximum Gasteiger partial charge on any atom is 0.228 e. The molecule has 1 aliphatic rings. The summed E-state index contributed by atoms with van der Waals surface area (Å²) in [5.41, 5.74) is 0.804. The minimum Gasteiger partial charge on any atom is -0.493 e. The molecule has 2 rings (SSSR count). The van der Waals surface area contributed by atoms with E-state index in [0.29, 0.717) is 12.5 Å². The second-order valence-electron chi connectivity index (χ2n) is 5.41. The van der Waals surface area contributed by atoms with E-state index in [-0.39, 0.29) is 11.8 Å². The molecule has 2 N–H and O–H groups in total. The zero-order chi connectivity index (χ0) is 13.7. The third-order valence-corrected chi connectivity index (χ3v) is 3.12. The van der Waals surface area contributed by atoms with Crippen molar-refractivity contribution in [1.29, 1.82) is 0 Å². The molecule has 1 unspecified atom stereocenters. The lowest BCUT2D eigenvalue weighted by Gasteiger charge is -2.12. The lowest BCUT2D eigenvalue weighted by atomic mass is 10.1. The van der Waals surface area contributed by atoms with E-state index >= 15 is 0 Å². The normalized spacial score (nSPS) is 18.6. The SMILES string of the molecule is CC(C)COc1cccc(NC(=O)C2CCNC2)c1. The highest BCUT2D eigenvalue weighted by Crippen LogP contribution is 2.19. The van der Waals surface area contributed by atoms with Crippen molar-refractivity contribution in [2.75, 3.05) is 25.0 Å². The van der Waals surface area contributed by atoms with Crippen LogP contribution in [0.15, 0.2) is 24.3 Å².